The minimum atomic E-state index is -1.01. The Morgan fingerprint density at radius 2 is 2.16 bits per heavy atom. The molecule has 0 saturated heterocycles. The van der Waals surface area contributed by atoms with Gasteiger partial charge in [-0.2, -0.15) is 4.68 Å². The summed E-state index contributed by atoms with van der Waals surface area (Å²) >= 11 is 0. The van der Waals surface area contributed by atoms with Crippen LogP contribution in [0.5, 0.6) is 0 Å². The molecule has 1 N–H and O–H groups in total. The van der Waals surface area contributed by atoms with Crippen LogP contribution in [0, 0.1) is 6.92 Å². The van der Waals surface area contributed by atoms with Crippen molar-refractivity contribution in [3.05, 3.63) is 52.3 Å². The number of carbonyl (C=O) groups is 1. The number of tetrazole rings is 1. The van der Waals surface area contributed by atoms with Gasteiger partial charge in [0.05, 0.1) is 11.4 Å². The Morgan fingerprint density at radius 1 is 1.32 bits per heavy atom. The van der Waals surface area contributed by atoms with E-state index in [1.54, 1.807) is 0 Å². The predicted molar refractivity (Wildman–Crippen MR) is 86.4 cm³/mol. The second-order valence-corrected chi connectivity index (χ2v) is 5.93. The van der Waals surface area contributed by atoms with Crippen LogP contribution in [-0.2, 0) is 11.2 Å². The van der Waals surface area contributed by atoms with Gasteiger partial charge in [-0.1, -0.05) is 11.6 Å². The summed E-state index contributed by atoms with van der Waals surface area (Å²) in [4.78, 5) is 28.4. The lowest BCUT2D eigenvalue weighted by molar-refractivity contribution is -0.140. The molecular formula is C16H14N6O3. The van der Waals surface area contributed by atoms with Gasteiger partial charge in [0.1, 0.15) is 18.2 Å². The minimum absolute atomic E-state index is 0.367. The van der Waals surface area contributed by atoms with Crippen LogP contribution in [0.25, 0.3) is 16.9 Å². The fraction of sp³-hybridized carbons (Fsp3) is 0.250. The zero-order valence-corrected chi connectivity index (χ0v) is 13.3. The van der Waals surface area contributed by atoms with E-state index in [1.165, 1.54) is 21.6 Å². The molecule has 3 heterocycles. The number of hydrogen-bond donors (Lipinski definition) is 1. The zero-order valence-electron chi connectivity index (χ0n) is 13.3. The highest BCUT2D eigenvalue weighted by molar-refractivity contribution is 5.73. The molecule has 0 radical (unpaired) electrons. The molecule has 0 spiro atoms. The van der Waals surface area contributed by atoms with Crippen LogP contribution in [0.2, 0.25) is 0 Å². The van der Waals surface area contributed by atoms with Gasteiger partial charge in [-0.25, -0.2) is 9.78 Å². The summed E-state index contributed by atoms with van der Waals surface area (Å²) in [5, 5.41) is 20.4. The number of carboxylic acids is 1. The van der Waals surface area contributed by atoms with Gasteiger partial charge >= 0.3 is 5.97 Å². The number of nitrogens with zero attached hydrogens (tertiary/aromatic N) is 6. The fourth-order valence-electron chi connectivity index (χ4n) is 3.14. The van der Waals surface area contributed by atoms with Crippen molar-refractivity contribution in [3.63, 3.8) is 0 Å². The summed E-state index contributed by atoms with van der Waals surface area (Å²) < 4.78 is 2.76. The number of hydrogen-bond acceptors (Lipinski definition) is 6. The summed E-state index contributed by atoms with van der Waals surface area (Å²) in [6, 6.07) is 6.20. The lowest BCUT2D eigenvalue weighted by atomic mass is 10.1. The Bertz CT molecular complexity index is 1020. The molecule has 4 rings (SSSR count). The SMILES string of the molecule is Cc1ccc(-n2cnnn2)c(-c2cc(=O)n3c(n2)CC[C@H]3C(=O)O)c1. The largest absolute Gasteiger partial charge is 0.480 e. The van der Waals surface area contributed by atoms with Crippen molar-refractivity contribution in [2.24, 2.45) is 0 Å². The third-order valence-corrected chi connectivity index (χ3v) is 4.29. The van der Waals surface area contributed by atoms with Crippen molar-refractivity contribution in [1.29, 1.82) is 0 Å². The molecule has 0 aliphatic carbocycles. The maximum Gasteiger partial charge on any atom is 0.326 e. The van der Waals surface area contributed by atoms with Gasteiger partial charge in [0.2, 0.25) is 0 Å². The number of rotatable bonds is 3. The van der Waals surface area contributed by atoms with Crippen LogP contribution in [0.4, 0.5) is 0 Å². The van der Waals surface area contributed by atoms with Crippen LogP contribution in [0.1, 0.15) is 23.9 Å². The van der Waals surface area contributed by atoms with Gasteiger partial charge in [0.15, 0.2) is 0 Å². The van der Waals surface area contributed by atoms with Crippen molar-refractivity contribution in [2.45, 2.75) is 25.8 Å². The molecule has 0 amide bonds. The first kappa shape index (κ1) is 15.2. The second kappa shape index (κ2) is 5.62. The summed E-state index contributed by atoms with van der Waals surface area (Å²) in [5.74, 6) is -0.528. The topological polar surface area (TPSA) is 116 Å². The molecule has 0 fully saturated rings. The van der Waals surface area contributed by atoms with Crippen LogP contribution in [0.3, 0.4) is 0 Å². The number of fused-ring (bicyclic) bond motifs is 1. The van der Waals surface area contributed by atoms with E-state index in [-0.39, 0.29) is 5.56 Å². The number of aryl methyl sites for hydroxylation is 2. The van der Waals surface area contributed by atoms with E-state index in [2.05, 4.69) is 20.5 Å². The molecule has 9 heteroatoms. The molecular weight excluding hydrogens is 324 g/mol. The molecule has 0 unspecified atom stereocenters. The molecule has 1 aliphatic rings. The van der Waals surface area contributed by atoms with E-state index in [9.17, 15) is 14.7 Å². The lowest BCUT2D eigenvalue weighted by Gasteiger charge is -2.13. The van der Waals surface area contributed by atoms with Crippen LogP contribution in [-0.4, -0.2) is 40.8 Å². The van der Waals surface area contributed by atoms with Gasteiger partial charge in [0, 0.05) is 18.1 Å². The Balaban J connectivity index is 1.90. The molecule has 126 valence electrons. The van der Waals surface area contributed by atoms with Crippen molar-refractivity contribution in [2.75, 3.05) is 0 Å². The van der Waals surface area contributed by atoms with Gasteiger partial charge in [-0.3, -0.25) is 9.36 Å². The lowest BCUT2D eigenvalue weighted by Crippen LogP contribution is -2.28. The third kappa shape index (κ3) is 2.49. The van der Waals surface area contributed by atoms with Crippen LogP contribution < -0.4 is 5.56 Å². The highest BCUT2D eigenvalue weighted by atomic mass is 16.4. The highest BCUT2D eigenvalue weighted by Gasteiger charge is 2.30. The third-order valence-electron chi connectivity index (χ3n) is 4.29. The smallest absolute Gasteiger partial charge is 0.326 e. The fourth-order valence-corrected chi connectivity index (χ4v) is 3.14. The van der Waals surface area contributed by atoms with Crippen LogP contribution in [0.15, 0.2) is 35.4 Å². The molecule has 3 aromatic rings. The van der Waals surface area contributed by atoms with Gasteiger partial charge in [0.25, 0.3) is 5.56 Å². The molecule has 2 aromatic heterocycles. The monoisotopic (exact) mass is 338 g/mol. The number of aromatic nitrogens is 6. The first-order valence-corrected chi connectivity index (χ1v) is 7.74. The maximum atomic E-state index is 12.5. The number of carboxylic acid groups (broad SMARTS) is 1. The van der Waals surface area contributed by atoms with Gasteiger partial charge in [-0.15, -0.1) is 5.10 Å². The predicted octanol–water partition coefficient (Wildman–Crippen LogP) is 0.766. The van der Waals surface area contributed by atoms with E-state index >= 15 is 0 Å². The average Bonchev–Trinajstić information content (AvgIpc) is 3.24. The van der Waals surface area contributed by atoms with Crippen LogP contribution >= 0.6 is 0 Å². The van der Waals surface area contributed by atoms with E-state index in [1.807, 2.05) is 25.1 Å². The Kier molecular flexibility index (Phi) is 3.41. The Hall–Kier alpha value is -3.36. The molecule has 0 bridgehead atoms. The maximum absolute atomic E-state index is 12.5. The Labute approximate surface area is 141 Å². The average molecular weight is 338 g/mol. The summed E-state index contributed by atoms with van der Waals surface area (Å²) in [6.45, 7) is 1.94. The molecule has 1 aromatic carbocycles. The zero-order chi connectivity index (χ0) is 17.6. The summed E-state index contributed by atoms with van der Waals surface area (Å²) in [7, 11) is 0. The standard InChI is InChI=1S/C16H14N6O3/c1-9-2-3-12(21-8-17-19-20-21)10(6-9)11-7-15(23)22-13(16(24)25)4-5-14(22)18-11/h2-3,6-8,13H,4-5H2,1H3,(H,24,25)/t13-/m0/s1. The highest BCUT2D eigenvalue weighted by Crippen LogP contribution is 2.28. The second-order valence-electron chi connectivity index (χ2n) is 5.93. The quantitative estimate of drug-likeness (QED) is 0.749. The first-order valence-electron chi connectivity index (χ1n) is 7.74. The van der Waals surface area contributed by atoms with Crippen molar-refractivity contribution in [1.82, 2.24) is 29.8 Å². The van der Waals surface area contributed by atoms with Crippen molar-refractivity contribution >= 4 is 5.97 Å². The van der Waals surface area contributed by atoms with Gasteiger partial charge < -0.3 is 5.11 Å². The molecule has 9 nitrogen and oxygen atoms in total. The number of aliphatic carboxylic acids is 1. The van der Waals surface area contributed by atoms with E-state index in [0.29, 0.717) is 35.6 Å². The number of benzene rings is 1. The Morgan fingerprint density at radius 3 is 2.88 bits per heavy atom. The van der Waals surface area contributed by atoms with E-state index in [4.69, 9.17) is 0 Å². The van der Waals surface area contributed by atoms with Crippen molar-refractivity contribution in [3.8, 4) is 16.9 Å². The van der Waals surface area contributed by atoms with E-state index < -0.39 is 12.0 Å². The summed E-state index contributed by atoms with van der Waals surface area (Å²) in [6.07, 6.45) is 2.29. The van der Waals surface area contributed by atoms with Crippen molar-refractivity contribution < 1.29 is 9.90 Å². The first-order chi connectivity index (χ1) is 12.0. The van der Waals surface area contributed by atoms with E-state index in [0.717, 1.165) is 5.56 Å². The molecule has 1 atom stereocenters. The minimum Gasteiger partial charge on any atom is -0.480 e. The van der Waals surface area contributed by atoms with Gasteiger partial charge in [-0.05, 0) is 35.9 Å². The molecule has 1 aliphatic heterocycles. The molecule has 0 saturated carbocycles. The normalized spacial score (nSPS) is 16.0. The summed E-state index contributed by atoms with van der Waals surface area (Å²) in [5.41, 5.74) is 2.52. The molecule has 25 heavy (non-hydrogen) atoms.